The highest BCUT2D eigenvalue weighted by Crippen LogP contribution is 2.43. The fourth-order valence-corrected chi connectivity index (χ4v) is 11.9. The molecule has 5 heteroatoms. The minimum Gasteiger partial charge on any atom is -0.310 e. The summed E-state index contributed by atoms with van der Waals surface area (Å²) in [6, 6.07) is 111. The Balaban J connectivity index is 0.747. The van der Waals surface area contributed by atoms with E-state index < -0.39 is 0 Å². The van der Waals surface area contributed by atoms with Crippen molar-refractivity contribution >= 4 is 116 Å². The van der Waals surface area contributed by atoms with E-state index >= 15 is 0 Å². The molecule has 13 aromatic carbocycles. The van der Waals surface area contributed by atoms with Crippen molar-refractivity contribution in [3.8, 4) is 22.5 Å². The molecule has 0 saturated carbocycles. The fourth-order valence-electron chi connectivity index (χ4n) is 11.9. The van der Waals surface area contributed by atoms with Crippen molar-refractivity contribution < 1.29 is 0 Å². The van der Waals surface area contributed by atoms with Crippen LogP contribution < -0.4 is 14.7 Å². The lowest BCUT2D eigenvalue weighted by molar-refractivity contribution is 1.19. The number of fused-ring (bicyclic) bond motifs is 8. The highest BCUT2D eigenvalue weighted by molar-refractivity contribution is 6.11. The summed E-state index contributed by atoms with van der Waals surface area (Å²) in [5.74, 6) is 1.72. The van der Waals surface area contributed by atoms with Gasteiger partial charge in [0.1, 0.15) is 11.6 Å². The molecule has 0 fully saturated rings. The molecule has 0 bridgehead atoms. The maximum atomic E-state index is 5.36. The molecule has 0 aliphatic heterocycles. The third kappa shape index (κ3) is 8.71. The molecule has 5 nitrogen and oxygen atoms in total. The SMILES string of the molecule is c1ccc(N(c2ccc3c(ccc4cc(-c5cccc(N(c6ccccc6)c6cccc7ccccc67)n5)ccc43)c2)c2ccc3c(ccc4cc(-c5cccc(N(c6ccccc6)c6cccc7ccccc67)n5)ccc43)c2)cc1. The van der Waals surface area contributed by atoms with E-state index in [1.54, 1.807) is 0 Å². The molecule has 0 N–H and O–H groups in total. The second-order valence-corrected chi connectivity index (χ2v) is 20.6. The number of anilines is 9. The number of aromatic nitrogens is 2. The molecular formula is C76H51N5. The molecule has 81 heavy (non-hydrogen) atoms. The lowest BCUT2D eigenvalue weighted by Gasteiger charge is -2.26. The molecule has 0 spiro atoms. The van der Waals surface area contributed by atoms with E-state index in [1.807, 2.05) is 0 Å². The second-order valence-electron chi connectivity index (χ2n) is 20.6. The van der Waals surface area contributed by atoms with Gasteiger partial charge >= 0.3 is 0 Å². The number of hydrogen-bond donors (Lipinski definition) is 0. The van der Waals surface area contributed by atoms with Crippen LogP contribution in [0.1, 0.15) is 0 Å². The van der Waals surface area contributed by atoms with E-state index in [1.165, 1.54) is 64.6 Å². The predicted octanol–water partition coefficient (Wildman–Crippen LogP) is 21.1. The van der Waals surface area contributed by atoms with Crippen LogP contribution in [0.25, 0.3) is 87.1 Å². The van der Waals surface area contributed by atoms with Crippen molar-refractivity contribution in [3.05, 3.63) is 309 Å². The third-order valence-electron chi connectivity index (χ3n) is 15.7. The Labute approximate surface area is 470 Å². The quantitative estimate of drug-likeness (QED) is 0.121. The van der Waals surface area contributed by atoms with Crippen LogP contribution in [0, 0.1) is 0 Å². The molecule has 0 aliphatic rings. The average Bonchev–Trinajstić information content (AvgIpc) is 3.63. The van der Waals surface area contributed by atoms with Crippen LogP contribution in [0.3, 0.4) is 0 Å². The van der Waals surface area contributed by atoms with Crippen molar-refractivity contribution in [2.75, 3.05) is 14.7 Å². The molecule has 0 unspecified atom stereocenters. The summed E-state index contributed by atoms with van der Waals surface area (Å²) >= 11 is 0. The minimum absolute atomic E-state index is 0.860. The maximum Gasteiger partial charge on any atom is 0.138 e. The van der Waals surface area contributed by atoms with E-state index in [9.17, 15) is 0 Å². The maximum absolute atomic E-state index is 5.36. The molecule has 0 saturated heterocycles. The number of para-hydroxylation sites is 3. The zero-order valence-corrected chi connectivity index (χ0v) is 44.2. The molecule has 2 aromatic heterocycles. The summed E-state index contributed by atoms with van der Waals surface area (Å²) in [5, 5.41) is 14.2. The van der Waals surface area contributed by atoms with Crippen molar-refractivity contribution in [1.82, 2.24) is 9.97 Å². The van der Waals surface area contributed by atoms with Gasteiger partial charge in [-0.3, -0.25) is 9.80 Å². The number of pyridine rings is 2. The van der Waals surface area contributed by atoms with Crippen LogP contribution in [0.15, 0.2) is 309 Å². The van der Waals surface area contributed by atoms with Gasteiger partial charge in [0.2, 0.25) is 0 Å². The van der Waals surface area contributed by atoms with Gasteiger partial charge in [-0.05, 0) is 163 Å². The molecule has 0 radical (unpaired) electrons. The minimum atomic E-state index is 0.860. The van der Waals surface area contributed by atoms with Crippen LogP contribution in [0.5, 0.6) is 0 Å². The smallest absolute Gasteiger partial charge is 0.138 e. The molecule has 0 amide bonds. The highest BCUT2D eigenvalue weighted by atomic mass is 15.2. The standard InChI is InChI=1S/C76H51N5/c1-4-22-60(23-5-1)79(63-42-46-67-56(50-63)38-36-54-48-58(40-44-65(54)67)71-30-16-34-75(77-71)80(61-24-6-2-7-25-61)73-32-14-20-52-18-10-12-28-69(52)73)64-43-47-68-57(51-64)39-37-55-49-59(41-45-66(55)68)72-31-17-35-76(78-72)81(62-26-8-3-9-27-62)74-33-15-21-53-19-11-13-29-70(53)74/h1-51H. The number of rotatable bonds is 11. The monoisotopic (exact) mass is 1030 g/mol. The summed E-state index contributed by atoms with van der Waals surface area (Å²) < 4.78 is 0. The molecule has 15 aromatic rings. The first kappa shape index (κ1) is 47.3. The fraction of sp³-hybridized carbons (Fsp3) is 0. The van der Waals surface area contributed by atoms with Crippen molar-refractivity contribution in [2.24, 2.45) is 0 Å². The van der Waals surface area contributed by atoms with Gasteiger partial charge in [-0.2, -0.15) is 0 Å². The van der Waals surface area contributed by atoms with Crippen LogP contribution >= 0.6 is 0 Å². The first-order valence-electron chi connectivity index (χ1n) is 27.5. The van der Waals surface area contributed by atoms with Crippen molar-refractivity contribution in [1.29, 1.82) is 0 Å². The number of nitrogens with zero attached hydrogens (tertiary/aromatic N) is 5. The van der Waals surface area contributed by atoms with Crippen LogP contribution in [-0.2, 0) is 0 Å². The Morgan fingerprint density at radius 2 is 0.543 bits per heavy atom. The first-order chi connectivity index (χ1) is 40.1. The molecule has 0 aliphatic carbocycles. The number of hydrogen-bond acceptors (Lipinski definition) is 5. The van der Waals surface area contributed by atoms with E-state index in [4.69, 9.17) is 9.97 Å². The second kappa shape index (κ2) is 20.2. The summed E-state index contributed by atoms with van der Waals surface area (Å²) in [6.07, 6.45) is 0. The van der Waals surface area contributed by atoms with Gasteiger partial charge in [-0.1, -0.05) is 200 Å². The third-order valence-corrected chi connectivity index (χ3v) is 15.7. The molecule has 380 valence electrons. The van der Waals surface area contributed by atoms with Gasteiger partial charge in [-0.15, -0.1) is 0 Å². The van der Waals surface area contributed by atoms with Gasteiger partial charge in [-0.25, -0.2) is 9.97 Å². The van der Waals surface area contributed by atoms with E-state index in [0.717, 1.165) is 74.0 Å². The zero-order chi connectivity index (χ0) is 53.6. The largest absolute Gasteiger partial charge is 0.310 e. The Morgan fingerprint density at radius 1 is 0.198 bits per heavy atom. The Morgan fingerprint density at radius 3 is 0.975 bits per heavy atom. The van der Waals surface area contributed by atoms with Crippen LogP contribution in [-0.4, -0.2) is 9.97 Å². The first-order valence-corrected chi connectivity index (χ1v) is 27.5. The normalized spacial score (nSPS) is 11.5. The van der Waals surface area contributed by atoms with Gasteiger partial charge in [0.15, 0.2) is 0 Å². The topological polar surface area (TPSA) is 35.5 Å². The Hall–Kier alpha value is -10.9. The van der Waals surface area contributed by atoms with Crippen molar-refractivity contribution in [3.63, 3.8) is 0 Å². The molecular weight excluding hydrogens is 983 g/mol. The van der Waals surface area contributed by atoms with Crippen LogP contribution in [0.4, 0.5) is 51.4 Å². The van der Waals surface area contributed by atoms with E-state index in [2.05, 4.69) is 324 Å². The van der Waals surface area contributed by atoms with Gasteiger partial charge < -0.3 is 4.90 Å². The van der Waals surface area contributed by atoms with Gasteiger partial charge in [0, 0.05) is 50.3 Å². The molecule has 2 heterocycles. The predicted molar refractivity (Wildman–Crippen MR) is 342 cm³/mol. The number of benzene rings is 13. The lowest BCUT2D eigenvalue weighted by atomic mass is 9.97. The van der Waals surface area contributed by atoms with Gasteiger partial charge in [0.05, 0.1) is 22.8 Å². The van der Waals surface area contributed by atoms with E-state index in [0.29, 0.717) is 0 Å². The zero-order valence-electron chi connectivity index (χ0n) is 44.2. The Bertz CT molecular complexity index is 4550. The van der Waals surface area contributed by atoms with Crippen molar-refractivity contribution in [2.45, 2.75) is 0 Å². The highest BCUT2D eigenvalue weighted by Gasteiger charge is 2.21. The van der Waals surface area contributed by atoms with Crippen LogP contribution in [0.2, 0.25) is 0 Å². The summed E-state index contributed by atoms with van der Waals surface area (Å²) in [5.41, 5.74) is 11.5. The van der Waals surface area contributed by atoms with E-state index in [-0.39, 0.29) is 0 Å². The summed E-state index contributed by atoms with van der Waals surface area (Å²) in [4.78, 5) is 17.6. The van der Waals surface area contributed by atoms with Gasteiger partial charge in [0.25, 0.3) is 0 Å². The molecule has 0 atom stereocenters. The Kier molecular flexibility index (Phi) is 11.8. The average molecular weight is 1030 g/mol. The summed E-state index contributed by atoms with van der Waals surface area (Å²) in [7, 11) is 0. The summed E-state index contributed by atoms with van der Waals surface area (Å²) in [6.45, 7) is 0. The molecule has 15 rings (SSSR count). The lowest BCUT2D eigenvalue weighted by Crippen LogP contribution is -2.12.